The molecule has 0 bridgehead atoms. The molecule has 5 nitrogen and oxygen atoms in total. The highest BCUT2D eigenvalue weighted by Gasteiger charge is 2.26. The van der Waals surface area contributed by atoms with E-state index in [2.05, 4.69) is 5.32 Å². The number of hydrogen-bond acceptors (Lipinski definition) is 4. The topological polar surface area (TPSA) is 66.5 Å². The smallest absolute Gasteiger partial charge is 0.264 e. The average Bonchev–Trinajstić information content (AvgIpc) is 2.76. The first-order valence-corrected chi connectivity index (χ1v) is 10.8. The first kappa shape index (κ1) is 18.8. The number of carbonyl (C=O) groups excluding carboxylic acids is 1. The molecular formula is C19H22N2O3S2. The lowest BCUT2D eigenvalue weighted by Crippen LogP contribution is -2.27. The van der Waals surface area contributed by atoms with Gasteiger partial charge in [-0.2, -0.15) is 0 Å². The minimum Gasteiger partial charge on any atom is -0.325 e. The van der Waals surface area contributed by atoms with Gasteiger partial charge in [0.15, 0.2) is 0 Å². The first-order valence-electron chi connectivity index (χ1n) is 8.50. The minimum atomic E-state index is -3.73. The van der Waals surface area contributed by atoms with Crippen molar-refractivity contribution in [2.45, 2.75) is 41.7 Å². The van der Waals surface area contributed by atoms with Gasteiger partial charge in [-0.15, -0.1) is 11.8 Å². The lowest BCUT2D eigenvalue weighted by atomic mass is 10.1. The van der Waals surface area contributed by atoms with Crippen molar-refractivity contribution in [2.75, 3.05) is 16.7 Å². The summed E-state index contributed by atoms with van der Waals surface area (Å²) in [6, 6.07) is 12.4. The fourth-order valence-corrected chi connectivity index (χ4v) is 5.31. The van der Waals surface area contributed by atoms with Crippen molar-refractivity contribution in [2.24, 2.45) is 0 Å². The van der Waals surface area contributed by atoms with Crippen LogP contribution in [-0.4, -0.2) is 26.6 Å². The van der Waals surface area contributed by atoms with Crippen molar-refractivity contribution in [3.05, 3.63) is 48.0 Å². The van der Waals surface area contributed by atoms with Crippen molar-refractivity contribution >= 4 is 39.1 Å². The molecule has 1 heterocycles. The van der Waals surface area contributed by atoms with Crippen molar-refractivity contribution in [3.8, 4) is 0 Å². The Morgan fingerprint density at radius 3 is 2.69 bits per heavy atom. The van der Waals surface area contributed by atoms with E-state index in [-0.39, 0.29) is 16.1 Å². The predicted molar refractivity (Wildman–Crippen MR) is 106 cm³/mol. The van der Waals surface area contributed by atoms with E-state index in [1.807, 2.05) is 32.0 Å². The van der Waals surface area contributed by atoms with Crippen LogP contribution < -0.4 is 9.62 Å². The quantitative estimate of drug-likeness (QED) is 0.860. The van der Waals surface area contributed by atoms with Crippen LogP contribution in [0, 0.1) is 0 Å². The van der Waals surface area contributed by atoms with Gasteiger partial charge in [0.2, 0.25) is 5.91 Å². The highest BCUT2D eigenvalue weighted by molar-refractivity contribution is 8.00. The second-order valence-corrected chi connectivity index (χ2v) is 9.74. The third kappa shape index (κ3) is 3.59. The predicted octanol–water partition coefficient (Wildman–Crippen LogP) is 3.90. The molecule has 0 spiro atoms. The maximum absolute atomic E-state index is 13.1. The number of amides is 1. The number of carbonyl (C=O) groups is 1. The molecule has 1 atom stereocenters. The van der Waals surface area contributed by atoms with E-state index in [9.17, 15) is 13.2 Å². The summed E-state index contributed by atoms with van der Waals surface area (Å²) in [6.07, 6.45) is 1.15. The number of anilines is 2. The van der Waals surface area contributed by atoms with Crippen molar-refractivity contribution in [1.82, 2.24) is 0 Å². The molecule has 0 saturated carbocycles. The average molecular weight is 391 g/mol. The molecule has 1 aliphatic heterocycles. The molecule has 1 N–H and O–H groups in total. The van der Waals surface area contributed by atoms with Crippen LogP contribution in [0.1, 0.15) is 25.8 Å². The third-order valence-corrected chi connectivity index (χ3v) is 7.34. The molecule has 138 valence electrons. The molecule has 2 aromatic carbocycles. The van der Waals surface area contributed by atoms with Crippen molar-refractivity contribution in [3.63, 3.8) is 0 Å². The lowest BCUT2D eigenvalue weighted by Gasteiger charge is -2.22. The van der Waals surface area contributed by atoms with Gasteiger partial charge in [0, 0.05) is 23.6 Å². The Hall–Kier alpha value is -1.99. The maximum atomic E-state index is 13.1. The second-order valence-electron chi connectivity index (χ2n) is 6.29. The number of aryl methyl sites for hydroxylation is 1. The Labute approximate surface area is 158 Å². The van der Waals surface area contributed by atoms with E-state index in [1.165, 1.54) is 4.31 Å². The molecule has 0 aromatic heterocycles. The van der Waals surface area contributed by atoms with E-state index >= 15 is 0 Å². The van der Waals surface area contributed by atoms with Gasteiger partial charge in [-0.1, -0.05) is 32.0 Å². The number of nitrogens with zero attached hydrogens (tertiary/aromatic N) is 1. The van der Waals surface area contributed by atoms with Crippen LogP contribution in [0.3, 0.4) is 0 Å². The number of fused-ring (bicyclic) bond motifs is 1. The number of sulfonamides is 1. The zero-order valence-corrected chi connectivity index (χ0v) is 16.7. The standard InChI is InChI=1S/C19H22N2O3S2/c1-4-14-7-5-6-8-17(14)21(3)26(23,24)15-9-10-18-16(12-15)20-19(22)11-13(2)25-18/h5-10,12-13H,4,11H2,1-3H3,(H,20,22)/t13-/m0/s1. The molecule has 1 amide bonds. The lowest BCUT2D eigenvalue weighted by molar-refractivity contribution is -0.116. The number of benzene rings is 2. The summed E-state index contributed by atoms with van der Waals surface area (Å²) >= 11 is 1.57. The molecule has 2 aromatic rings. The van der Waals surface area contributed by atoms with Gasteiger partial charge >= 0.3 is 0 Å². The number of thioether (sulfide) groups is 1. The highest BCUT2D eigenvalue weighted by atomic mass is 32.2. The van der Waals surface area contributed by atoms with E-state index in [1.54, 1.807) is 43.1 Å². The molecule has 3 rings (SSSR count). The largest absolute Gasteiger partial charge is 0.325 e. The molecule has 1 aliphatic rings. The zero-order valence-electron chi connectivity index (χ0n) is 15.0. The van der Waals surface area contributed by atoms with Crippen LogP contribution in [0.4, 0.5) is 11.4 Å². The Morgan fingerprint density at radius 2 is 1.96 bits per heavy atom. The number of nitrogens with one attached hydrogen (secondary N) is 1. The van der Waals surface area contributed by atoms with Gasteiger partial charge in [-0.05, 0) is 36.2 Å². The Bertz CT molecular complexity index is 942. The van der Waals surface area contributed by atoms with Gasteiger partial charge in [-0.25, -0.2) is 8.42 Å². The summed E-state index contributed by atoms with van der Waals surface area (Å²) in [4.78, 5) is 13.0. The Kier molecular flexibility index (Phi) is 5.29. The fourth-order valence-electron chi connectivity index (χ4n) is 3.00. The molecule has 0 saturated heterocycles. The normalized spacial score (nSPS) is 17.2. The summed E-state index contributed by atoms with van der Waals surface area (Å²) in [5.74, 6) is -0.0945. The van der Waals surface area contributed by atoms with Crippen LogP contribution in [0.5, 0.6) is 0 Å². The number of para-hydroxylation sites is 1. The fraction of sp³-hybridized carbons (Fsp3) is 0.316. The number of hydrogen-bond donors (Lipinski definition) is 1. The molecular weight excluding hydrogens is 368 g/mol. The van der Waals surface area contributed by atoms with Gasteiger partial charge in [0.25, 0.3) is 10.0 Å². The highest BCUT2D eigenvalue weighted by Crippen LogP contribution is 2.37. The molecule has 0 aliphatic carbocycles. The summed E-state index contributed by atoms with van der Waals surface area (Å²) in [6.45, 7) is 3.98. The summed E-state index contributed by atoms with van der Waals surface area (Å²) in [5.41, 5.74) is 2.19. The van der Waals surface area contributed by atoms with Gasteiger partial charge in [-0.3, -0.25) is 9.10 Å². The maximum Gasteiger partial charge on any atom is 0.264 e. The first-order chi connectivity index (χ1) is 12.3. The second kappa shape index (κ2) is 7.32. The van der Waals surface area contributed by atoms with E-state index < -0.39 is 10.0 Å². The molecule has 26 heavy (non-hydrogen) atoms. The van der Waals surface area contributed by atoms with Gasteiger partial charge in [0.1, 0.15) is 0 Å². The van der Waals surface area contributed by atoms with Gasteiger partial charge < -0.3 is 5.32 Å². The molecule has 7 heteroatoms. The van der Waals surface area contributed by atoms with E-state index in [0.29, 0.717) is 17.8 Å². The third-order valence-electron chi connectivity index (χ3n) is 4.40. The van der Waals surface area contributed by atoms with Crippen molar-refractivity contribution < 1.29 is 13.2 Å². The Balaban J connectivity index is 2.01. The van der Waals surface area contributed by atoms with E-state index in [0.717, 1.165) is 16.9 Å². The summed E-state index contributed by atoms with van der Waals surface area (Å²) < 4.78 is 27.6. The molecule has 0 unspecified atom stereocenters. The van der Waals surface area contributed by atoms with Crippen LogP contribution in [0.25, 0.3) is 0 Å². The van der Waals surface area contributed by atoms with Crippen LogP contribution in [0.15, 0.2) is 52.3 Å². The van der Waals surface area contributed by atoms with Crippen LogP contribution in [0.2, 0.25) is 0 Å². The van der Waals surface area contributed by atoms with Crippen LogP contribution in [-0.2, 0) is 21.2 Å². The monoisotopic (exact) mass is 390 g/mol. The molecule has 0 fully saturated rings. The number of rotatable bonds is 4. The summed E-state index contributed by atoms with van der Waals surface area (Å²) in [7, 11) is -2.17. The SMILES string of the molecule is CCc1ccccc1N(C)S(=O)(=O)c1ccc2c(c1)NC(=O)C[C@H](C)S2. The Morgan fingerprint density at radius 1 is 1.23 bits per heavy atom. The van der Waals surface area contributed by atoms with Crippen LogP contribution >= 0.6 is 11.8 Å². The van der Waals surface area contributed by atoms with E-state index in [4.69, 9.17) is 0 Å². The van der Waals surface area contributed by atoms with Crippen molar-refractivity contribution in [1.29, 1.82) is 0 Å². The van der Waals surface area contributed by atoms with Gasteiger partial charge in [0.05, 0.1) is 16.3 Å². The molecule has 0 radical (unpaired) electrons. The summed E-state index contributed by atoms with van der Waals surface area (Å²) in [5, 5.41) is 2.97. The zero-order chi connectivity index (χ0) is 18.9. The minimum absolute atomic E-state index is 0.0945.